The molecule has 0 aliphatic carbocycles. The molecule has 144 valence electrons. The topological polar surface area (TPSA) is 51.0 Å². The third-order valence-electron chi connectivity index (χ3n) is 4.04. The van der Waals surface area contributed by atoms with Crippen LogP contribution in [0.3, 0.4) is 0 Å². The fourth-order valence-electron chi connectivity index (χ4n) is 2.67. The molecule has 0 atom stereocenters. The quantitative estimate of drug-likeness (QED) is 0.450. The lowest BCUT2D eigenvalue weighted by molar-refractivity contribution is 0.330. The SMILES string of the molecule is C#CCOc1cc(CNC(=NC)N(C)Cc2cc(Cl)cn2C)ccc1OC. The maximum absolute atomic E-state index is 6.06. The van der Waals surface area contributed by atoms with Gasteiger partial charge in [-0.2, -0.15) is 0 Å². The third-order valence-corrected chi connectivity index (χ3v) is 4.24. The van der Waals surface area contributed by atoms with Crippen LogP contribution in [0.4, 0.5) is 0 Å². The fraction of sp³-hybridized carbons (Fsp3) is 0.350. The molecular weight excluding hydrogens is 364 g/mol. The molecule has 0 bridgehead atoms. The molecule has 7 heteroatoms. The van der Waals surface area contributed by atoms with Gasteiger partial charge >= 0.3 is 0 Å². The van der Waals surface area contributed by atoms with Crippen molar-refractivity contribution < 1.29 is 9.47 Å². The number of nitrogens with one attached hydrogen (secondary N) is 1. The van der Waals surface area contributed by atoms with E-state index in [1.54, 1.807) is 14.2 Å². The molecule has 1 N–H and O–H groups in total. The zero-order valence-electron chi connectivity index (χ0n) is 16.1. The first-order valence-corrected chi connectivity index (χ1v) is 8.82. The van der Waals surface area contributed by atoms with Crippen LogP contribution in [0.5, 0.6) is 11.5 Å². The standard InChI is InChI=1S/C20H25ClN4O2/c1-6-9-27-19-10-15(7-8-18(19)26-5)12-23-20(22-2)25(4)14-17-11-16(21)13-24(17)3/h1,7-8,10-11,13H,9,12,14H2,2-5H3,(H,22,23). The average molecular weight is 389 g/mol. The summed E-state index contributed by atoms with van der Waals surface area (Å²) < 4.78 is 12.9. The van der Waals surface area contributed by atoms with E-state index in [1.165, 1.54) is 0 Å². The molecule has 1 aromatic heterocycles. The summed E-state index contributed by atoms with van der Waals surface area (Å²) in [6, 6.07) is 7.69. The molecule has 1 heterocycles. The third kappa shape index (κ3) is 5.60. The summed E-state index contributed by atoms with van der Waals surface area (Å²) in [5.41, 5.74) is 2.12. The van der Waals surface area contributed by atoms with Crippen molar-refractivity contribution in [3.05, 3.63) is 46.7 Å². The van der Waals surface area contributed by atoms with Crippen molar-refractivity contribution in [2.75, 3.05) is 27.8 Å². The summed E-state index contributed by atoms with van der Waals surface area (Å²) in [6.45, 7) is 1.46. The van der Waals surface area contributed by atoms with Crippen molar-refractivity contribution in [2.24, 2.45) is 12.0 Å². The van der Waals surface area contributed by atoms with E-state index < -0.39 is 0 Å². The van der Waals surface area contributed by atoms with Crippen molar-refractivity contribution in [1.29, 1.82) is 0 Å². The number of hydrogen-bond donors (Lipinski definition) is 1. The lowest BCUT2D eigenvalue weighted by atomic mass is 10.2. The van der Waals surface area contributed by atoms with Crippen molar-refractivity contribution >= 4 is 17.6 Å². The minimum atomic E-state index is 0.191. The number of ether oxygens (including phenoxy) is 2. The van der Waals surface area contributed by atoms with Crippen molar-refractivity contribution in [3.8, 4) is 23.8 Å². The van der Waals surface area contributed by atoms with Gasteiger partial charge in [0.25, 0.3) is 0 Å². The van der Waals surface area contributed by atoms with Crippen LogP contribution in [0.15, 0.2) is 35.5 Å². The van der Waals surface area contributed by atoms with E-state index in [4.69, 9.17) is 27.5 Å². The van der Waals surface area contributed by atoms with Gasteiger partial charge in [-0.1, -0.05) is 23.6 Å². The summed E-state index contributed by atoms with van der Waals surface area (Å²) in [5.74, 6) is 4.50. The summed E-state index contributed by atoms with van der Waals surface area (Å²) in [4.78, 5) is 6.38. The summed E-state index contributed by atoms with van der Waals surface area (Å²) in [5, 5.41) is 4.07. The predicted octanol–water partition coefficient (Wildman–Crippen LogP) is 2.91. The second-order valence-electron chi connectivity index (χ2n) is 6.00. The van der Waals surface area contributed by atoms with Crippen molar-refractivity contribution in [3.63, 3.8) is 0 Å². The monoisotopic (exact) mass is 388 g/mol. The van der Waals surface area contributed by atoms with Gasteiger partial charge in [-0.15, -0.1) is 6.42 Å². The molecule has 0 spiro atoms. The second kappa shape index (κ2) is 9.79. The molecule has 0 aliphatic heterocycles. The zero-order chi connectivity index (χ0) is 19.8. The van der Waals surface area contributed by atoms with Gasteiger partial charge < -0.3 is 24.3 Å². The molecule has 6 nitrogen and oxygen atoms in total. The molecule has 2 rings (SSSR count). The highest BCUT2D eigenvalue weighted by Crippen LogP contribution is 2.28. The number of aromatic nitrogens is 1. The van der Waals surface area contributed by atoms with Crippen molar-refractivity contribution in [1.82, 2.24) is 14.8 Å². The van der Waals surface area contributed by atoms with Crippen LogP contribution in [0, 0.1) is 12.3 Å². The minimum absolute atomic E-state index is 0.191. The van der Waals surface area contributed by atoms with Gasteiger partial charge in [0.1, 0.15) is 6.61 Å². The first kappa shape index (κ1) is 20.5. The molecule has 0 saturated heterocycles. The van der Waals surface area contributed by atoms with E-state index in [9.17, 15) is 0 Å². The van der Waals surface area contributed by atoms with E-state index in [1.807, 2.05) is 54.0 Å². The van der Waals surface area contributed by atoms with Crippen LogP contribution in [0.25, 0.3) is 0 Å². The second-order valence-corrected chi connectivity index (χ2v) is 6.43. The molecule has 0 unspecified atom stereocenters. The average Bonchev–Trinajstić information content (AvgIpc) is 2.97. The Labute approximate surface area is 165 Å². The Hall–Kier alpha value is -2.78. The number of rotatable bonds is 7. The molecule has 0 radical (unpaired) electrons. The zero-order valence-corrected chi connectivity index (χ0v) is 16.9. The summed E-state index contributed by atoms with van der Waals surface area (Å²) in [7, 11) is 7.31. The van der Waals surface area contributed by atoms with E-state index in [0.717, 1.165) is 22.2 Å². The normalized spacial score (nSPS) is 11.0. The fourth-order valence-corrected chi connectivity index (χ4v) is 2.94. The molecule has 0 amide bonds. The summed E-state index contributed by atoms with van der Waals surface area (Å²) >= 11 is 6.06. The summed E-state index contributed by atoms with van der Waals surface area (Å²) in [6.07, 6.45) is 7.16. The van der Waals surface area contributed by atoms with Crippen LogP contribution < -0.4 is 14.8 Å². The molecule has 0 aliphatic rings. The molecule has 2 aromatic rings. The Morgan fingerprint density at radius 2 is 2.15 bits per heavy atom. The first-order valence-electron chi connectivity index (χ1n) is 8.44. The number of benzene rings is 1. The van der Waals surface area contributed by atoms with Gasteiger partial charge in [-0.3, -0.25) is 4.99 Å². The Morgan fingerprint density at radius 1 is 1.37 bits per heavy atom. The number of methoxy groups -OCH3 is 1. The number of nitrogens with zero attached hydrogens (tertiary/aromatic N) is 3. The number of aryl methyl sites for hydroxylation is 1. The molecular formula is C20H25ClN4O2. The highest BCUT2D eigenvalue weighted by Gasteiger charge is 2.11. The van der Waals surface area contributed by atoms with Crippen molar-refractivity contribution in [2.45, 2.75) is 13.1 Å². The molecule has 0 saturated carbocycles. The van der Waals surface area contributed by atoms with Crippen LogP contribution in [-0.2, 0) is 20.1 Å². The highest BCUT2D eigenvalue weighted by molar-refractivity contribution is 6.30. The lowest BCUT2D eigenvalue weighted by Gasteiger charge is -2.22. The maximum atomic E-state index is 6.06. The molecule has 1 aromatic carbocycles. The van der Waals surface area contributed by atoms with Gasteiger partial charge in [0.15, 0.2) is 17.5 Å². The van der Waals surface area contributed by atoms with Gasteiger partial charge in [0.2, 0.25) is 0 Å². The molecule has 27 heavy (non-hydrogen) atoms. The number of halogens is 1. The smallest absolute Gasteiger partial charge is 0.194 e. The van der Waals surface area contributed by atoms with Gasteiger partial charge in [-0.25, -0.2) is 0 Å². The largest absolute Gasteiger partial charge is 0.493 e. The van der Waals surface area contributed by atoms with E-state index in [0.29, 0.717) is 24.6 Å². The number of hydrogen-bond acceptors (Lipinski definition) is 3. The van der Waals surface area contributed by atoms with E-state index in [2.05, 4.69) is 16.2 Å². The molecule has 0 fully saturated rings. The van der Waals surface area contributed by atoms with E-state index >= 15 is 0 Å². The van der Waals surface area contributed by atoms with Gasteiger partial charge in [0.05, 0.1) is 18.7 Å². The van der Waals surface area contributed by atoms with Crippen LogP contribution in [0.1, 0.15) is 11.3 Å². The number of terminal acetylenes is 1. The lowest BCUT2D eigenvalue weighted by Crippen LogP contribution is -2.38. The van der Waals surface area contributed by atoms with Gasteiger partial charge in [0, 0.05) is 39.6 Å². The number of aliphatic imine (C=N–C) groups is 1. The minimum Gasteiger partial charge on any atom is -0.493 e. The predicted molar refractivity (Wildman–Crippen MR) is 109 cm³/mol. The van der Waals surface area contributed by atoms with Crippen LogP contribution in [-0.4, -0.2) is 43.2 Å². The maximum Gasteiger partial charge on any atom is 0.194 e. The Kier molecular flexibility index (Phi) is 7.44. The Bertz CT molecular complexity index is 839. The first-order chi connectivity index (χ1) is 13.0. The van der Waals surface area contributed by atoms with Crippen LogP contribution in [0.2, 0.25) is 5.02 Å². The number of guanidine groups is 1. The van der Waals surface area contributed by atoms with E-state index in [-0.39, 0.29) is 6.61 Å². The Balaban J connectivity index is 2.02. The van der Waals surface area contributed by atoms with Crippen LogP contribution >= 0.6 is 11.6 Å². The highest BCUT2D eigenvalue weighted by atomic mass is 35.5. The van der Waals surface area contributed by atoms with Gasteiger partial charge in [-0.05, 0) is 23.8 Å². The Morgan fingerprint density at radius 3 is 2.74 bits per heavy atom.